The minimum Gasteiger partial charge on any atom is -0.314 e. The smallest absolute Gasteiger partial charge is 0.270 e. The zero-order valence-electron chi connectivity index (χ0n) is 8.81. The fourth-order valence-electron chi connectivity index (χ4n) is 1.09. The summed E-state index contributed by atoms with van der Waals surface area (Å²) in [5.74, 6) is 0. The van der Waals surface area contributed by atoms with E-state index in [1.54, 1.807) is 12.1 Å². The van der Waals surface area contributed by atoms with Crippen molar-refractivity contribution < 1.29 is 4.92 Å². The van der Waals surface area contributed by atoms with Gasteiger partial charge in [0.2, 0.25) is 0 Å². The minimum absolute atomic E-state index is 0.120. The van der Waals surface area contributed by atoms with Gasteiger partial charge >= 0.3 is 0 Å². The van der Waals surface area contributed by atoms with Crippen molar-refractivity contribution in [2.45, 2.75) is 13.0 Å². The molecule has 0 bridgehead atoms. The van der Waals surface area contributed by atoms with Crippen molar-refractivity contribution in [2.24, 2.45) is 0 Å². The molecule has 0 spiro atoms. The van der Waals surface area contributed by atoms with Crippen molar-refractivity contribution in [3.8, 4) is 0 Å². The molecular formula is C11H14N2O2. The van der Waals surface area contributed by atoms with Gasteiger partial charge in [-0.2, -0.15) is 0 Å². The summed E-state index contributed by atoms with van der Waals surface area (Å²) < 4.78 is 0. The molecule has 1 atom stereocenters. The lowest BCUT2D eigenvalue weighted by molar-refractivity contribution is -0.384. The van der Waals surface area contributed by atoms with Crippen LogP contribution in [-0.4, -0.2) is 18.0 Å². The van der Waals surface area contributed by atoms with Gasteiger partial charge in [-0.1, -0.05) is 24.3 Å². The first-order valence-electron chi connectivity index (χ1n) is 4.73. The van der Waals surface area contributed by atoms with Gasteiger partial charge in [0.1, 0.15) is 0 Å². The van der Waals surface area contributed by atoms with Crippen LogP contribution in [0, 0.1) is 10.1 Å². The Hall–Kier alpha value is -1.68. The van der Waals surface area contributed by atoms with Crippen molar-refractivity contribution in [3.05, 3.63) is 46.0 Å². The zero-order valence-corrected chi connectivity index (χ0v) is 8.81. The van der Waals surface area contributed by atoms with Crippen LogP contribution < -0.4 is 5.32 Å². The lowest BCUT2D eigenvalue weighted by Gasteiger charge is -2.01. The van der Waals surface area contributed by atoms with Crippen molar-refractivity contribution in [3.63, 3.8) is 0 Å². The average molecular weight is 206 g/mol. The number of rotatable bonds is 4. The Bertz CT molecular complexity index is 375. The van der Waals surface area contributed by atoms with Gasteiger partial charge in [-0.05, 0) is 19.5 Å². The Morgan fingerprint density at radius 1 is 1.53 bits per heavy atom. The van der Waals surface area contributed by atoms with Crippen LogP contribution in [0.3, 0.4) is 0 Å². The van der Waals surface area contributed by atoms with Gasteiger partial charge in [-0.15, -0.1) is 0 Å². The van der Waals surface area contributed by atoms with Crippen LogP contribution in [0.2, 0.25) is 0 Å². The van der Waals surface area contributed by atoms with Crippen LogP contribution in [0.15, 0.2) is 30.3 Å². The molecule has 0 aromatic heterocycles. The zero-order chi connectivity index (χ0) is 11.3. The second kappa shape index (κ2) is 5.26. The highest BCUT2D eigenvalue weighted by molar-refractivity contribution is 5.53. The highest BCUT2D eigenvalue weighted by atomic mass is 16.6. The summed E-state index contributed by atoms with van der Waals surface area (Å²) in [6.45, 7) is 2.01. The monoisotopic (exact) mass is 206 g/mol. The number of likely N-dealkylation sites (N-methyl/N-ethyl adjacent to an activating group) is 1. The summed E-state index contributed by atoms with van der Waals surface area (Å²) in [6, 6.07) is 6.81. The molecule has 0 aliphatic heterocycles. The number of nitrogens with one attached hydrogen (secondary N) is 1. The van der Waals surface area contributed by atoms with E-state index in [0.717, 1.165) is 5.56 Å². The van der Waals surface area contributed by atoms with Crippen molar-refractivity contribution in [2.75, 3.05) is 7.05 Å². The van der Waals surface area contributed by atoms with E-state index in [1.165, 1.54) is 6.07 Å². The molecule has 80 valence electrons. The first-order chi connectivity index (χ1) is 7.13. The van der Waals surface area contributed by atoms with Gasteiger partial charge < -0.3 is 5.32 Å². The third kappa shape index (κ3) is 3.52. The van der Waals surface area contributed by atoms with E-state index in [0.29, 0.717) is 0 Å². The molecule has 1 unspecified atom stereocenters. The predicted molar refractivity (Wildman–Crippen MR) is 60.7 cm³/mol. The Balaban J connectivity index is 2.82. The molecular weight excluding hydrogens is 192 g/mol. The first-order valence-corrected chi connectivity index (χ1v) is 4.73. The standard InChI is InChI=1S/C11H14N2O2/c1-9(12-2)6-7-10-4-3-5-11(8-10)13(14)15/h3-9,12H,1-2H3/b7-6+. The summed E-state index contributed by atoms with van der Waals surface area (Å²) >= 11 is 0. The van der Waals surface area contributed by atoms with Gasteiger partial charge in [0.25, 0.3) is 5.69 Å². The molecule has 0 amide bonds. The average Bonchev–Trinajstić information content (AvgIpc) is 2.26. The Morgan fingerprint density at radius 2 is 2.27 bits per heavy atom. The van der Waals surface area contributed by atoms with Crippen LogP contribution in [0.5, 0.6) is 0 Å². The number of hydrogen-bond donors (Lipinski definition) is 1. The van der Waals surface area contributed by atoms with Crippen LogP contribution in [0.4, 0.5) is 5.69 Å². The lowest BCUT2D eigenvalue weighted by atomic mass is 10.1. The first kappa shape index (κ1) is 11.4. The van der Waals surface area contributed by atoms with E-state index in [4.69, 9.17) is 0 Å². The second-order valence-corrected chi connectivity index (χ2v) is 3.29. The molecule has 4 nitrogen and oxygen atoms in total. The molecule has 0 fully saturated rings. The maximum absolute atomic E-state index is 10.5. The summed E-state index contributed by atoms with van der Waals surface area (Å²) in [7, 11) is 1.86. The molecule has 0 heterocycles. The van der Waals surface area contributed by atoms with E-state index in [1.807, 2.05) is 32.2 Å². The summed E-state index contributed by atoms with van der Waals surface area (Å²) in [5.41, 5.74) is 0.959. The largest absolute Gasteiger partial charge is 0.314 e. The Morgan fingerprint density at radius 3 is 2.87 bits per heavy atom. The number of nitro groups is 1. The van der Waals surface area contributed by atoms with Gasteiger partial charge in [0.15, 0.2) is 0 Å². The molecule has 0 aliphatic carbocycles. The van der Waals surface area contributed by atoms with E-state index >= 15 is 0 Å². The maximum atomic E-state index is 10.5. The number of nitro benzene ring substituents is 1. The predicted octanol–water partition coefficient (Wildman–Crippen LogP) is 2.22. The normalized spacial score (nSPS) is 12.9. The molecule has 4 heteroatoms. The summed E-state index contributed by atoms with van der Waals surface area (Å²) in [6.07, 6.45) is 3.83. The van der Waals surface area contributed by atoms with E-state index in [9.17, 15) is 10.1 Å². The molecule has 1 rings (SSSR count). The third-order valence-corrected chi connectivity index (χ3v) is 2.11. The molecule has 1 aromatic rings. The van der Waals surface area contributed by atoms with Gasteiger partial charge in [-0.3, -0.25) is 10.1 Å². The number of nitrogens with zero attached hydrogens (tertiary/aromatic N) is 1. The highest BCUT2D eigenvalue weighted by Gasteiger charge is 2.03. The number of hydrogen-bond acceptors (Lipinski definition) is 3. The van der Waals surface area contributed by atoms with E-state index in [2.05, 4.69) is 5.32 Å². The SMILES string of the molecule is CNC(C)/C=C/c1cccc([N+](=O)[O-])c1. The maximum Gasteiger partial charge on any atom is 0.270 e. The van der Waals surface area contributed by atoms with Gasteiger partial charge in [0, 0.05) is 18.2 Å². The Kier molecular flexibility index (Phi) is 4.00. The second-order valence-electron chi connectivity index (χ2n) is 3.29. The molecule has 1 N–H and O–H groups in total. The molecule has 0 aliphatic rings. The molecule has 1 aromatic carbocycles. The fourth-order valence-corrected chi connectivity index (χ4v) is 1.09. The summed E-state index contributed by atoms with van der Waals surface area (Å²) in [4.78, 5) is 10.1. The third-order valence-electron chi connectivity index (χ3n) is 2.11. The van der Waals surface area contributed by atoms with Crippen LogP contribution in [-0.2, 0) is 0 Å². The molecule has 0 saturated heterocycles. The number of non-ortho nitro benzene ring substituents is 1. The molecule has 0 radical (unpaired) electrons. The lowest BCUT2D eigenvalue weighted by Crippen LogP contribution is -2.17. The Labute approximate surface area is 88.8 Å². The van der Waals surface area contributed by atoms with Crippen molar-refractivity contribution in [1.29, 1.82) is 0 Å². The fraction of sp³-hybridized carbons (Fsp3) is 0.273. The quantitative estimate of drug-likeness (QED) is 0.607. The highest BCUT2D eigenvalue weighted by Crippen LogP contribution is 2.14. The topological polar surface area (TPSA) is 55.2 Å². The van der Waals surface area contributed by atoms with Crippen LogP contribution in [0.1, 0.15) is 12.5 Å². The van der Waals surface area contributed by atoms with Crippen LogP contribution >= 0.6 is 0 Å². The minimum atomic E-state index is -0.390. The van der Waals surface area contributed by atoms with E-state index < -0.39 is 4.92 Å². The number of benzene rings is 1. The molecule has 0 saturated carbocycles. The van der Waals surface area contributed by atoms with Crippen molar-refractivity contribution >= 4 is 11.8 Å². The molecule has 15 heavy (non-hydrogen) atoms. The van der Waals surface area contributed by atoms with E-state index in [-0.39, 0.29) is 11.7 Å². The van der Waals surface area contributed by atoms with Gasteiger partial charge in [0.05, 0.1) is 4.92 Å². The van der Waals surface area contributed by atoms with Crippen LogP contribution in [0.25, 0.3) is 6.08 Å². The van der Waals surface area contributed by atoms with Gasteiger partial charge in [-0.25, -0.2) is 0 Å². The van der Waals surface area contributed by atoms with Crippen molar-refractivity contribution in [1.82, 2.24) is 5.32 Å². The summed E-state index contributed by atoms with van der Waals surface area (Å²) in [5, 5.41) is 13.6.